The van der Waals surface area contributed by atoms with Crippen LogP contribution in [-0.2, 0) is 0 Å². The monoisotopic (exact) mass is 242 g/mol. The van der Waals surface area contributed by atoms with E-state index in [1.54, 1.807) is 0 Å². The number of rotatable bonds is 0. The molecule has 0 aromatic carbocycles. The lowest BCUT2D eigenvalue weighted by Crippen LogP contribution is -2.37. The summed E-state index contributed by atoms with van der Waals surface area (Å²) in [4.78, 5) is 0. The van der Waals surface area contributed by atoms with Crippen LogP contribution < -0.4 is 0 Å². The molecule has 0 radical (unpaired) electrons. The van der Waals surface area contributed by atoms with E-state index in [1.807, 2.05) is 11.1 Å². The number of hydrogen-bond acceptors (Lipinski definition) is 0. The molecule has 98 valence electrons. The first kappa shape index (κ1) is 11.3. The summed E-state index contributed by atoms with van der Waals surface area (Å²) < 4.78 is 0. The van der Waals surface area contributed by atoms with E-state index in [0.717, 1.165) is 17.8 Å². The maximum absolute atomic E-state index is 2.69. The zero-order valence-corrected chi connectivity index (χ0v) is 11.8. The molecule has 0 N–H and O–H groups in total. The topological polar surface area (TPSA) is 0 Å². The Labute approximate surface area is 112 Å². The maximum atomic E-state index is 2.69. The zero-order valence-electron chi connectivity index (χ0n) is 11.8. The molecule has 0 heterocycles. The molecule has 0 heteroatoms. The standard InChI is InChI=1S/C18H26/c1-18-11-4-7-17(18)16-9-8-13-5-2-3-6-14(13)15(16)10-12-18/h8,10,14,16-17H,2-7,9,11-12H2,1H3/t14-,16+,17-,18-/m0/s1. The van der Waals surface area contributed by atoms with Crippen molar-refractivity contribution in [1.29, 1.82) is 0 Å². The second-order valence-electron chi connectivity index (χ2n) is 7.48. The van der Waals surface area contributed by atoms with Crippen molar-refractivity contribution in [3.8, 4) is 0 Å². The average molecular weight is 242 g/mol. The van der Waals surface area contributed by atoms with Gasteiger partial charge in [0.25, 0.3) is 0 Å². The van der Waals surface area contributed by atoms with Gasteiger partial charge >= 0.3 is 0 Å². The Balaban J connectivity index is 1.70. The molecule has 0 spiro atoms. The van der Waals surface area contributed by atoms with E-state index in [-0.39, 0.29) is 0 Å². The van der Waals surface area contributed by atoms with Crippen molar-refractivity contribution in [3.63, 3.8) is 0 Å². The average Bonchev–Trinajstić information content (AvgIpc) is 2.80. The van der Waals surface area contributed by atoms with Crippen molar-refractivity contribution >= 4 is 0 Å². The fourth-order valence-corrected chi connectivity index (χ4v) is 5.58. The van der Waals surface area contributed by atoms with Gasteiger partial charge in [-0.2, -0.15) is 0 Å². The van der Waals surface area contributed by atoms with Crippen molar-refractivity contribution in [2.24, 2.45) is 23.2 Å². The molecular formula is C18H26. The molecule has 0 aromatic rings. The minimum atomic E-state index is 0.661. The maximum Gasteiger partial charge on any atom is 0.000991 e. The Kier molecular flexibility index (Phi) is 2.51. The highest BCUT2D eigenvalue weighted by atomic mass is 14.5. The van der Waals surface area contributed by atoms with Crippen LogP contribution in [0.1, 0.15) is 64.7 Å². The van der Waals surface area contributed by atoms with Crippen LogP contribution >= 0.6 is 0 Å². The Morgan fingerprint density at radius 1 is 1.11 bits per heavy atom. The van der Waals surface area contributed by atoms with Gasteiger partial charge in [0.05, 0.1) is 0 Å². The van der Waals surface area contributed by atoms with E-state index in [4.69, 9.17) is 0 Å². The lowest BCUT2D eigenvalue weighted by Gasteiger charge is -2.47. The first-order chi connectivity index (χ1) is 8.78. The van der Waals surface area contributed by atoms with E-state index < -0.39 is 0 Å². The molecule has 0 aliphatic heterocycles. The zero-order chi connectivity index (χ0) is 12.2. The van der Waals surface area contributed by atoms with Gasteiger partial charge in [0, 0.05) is 5.92 Å². The van der Waals surface area contributed by atoms with E-state index in [1.165, 1.54) is 57.8 Å². The third kappa shape index (κ3) is 1.50. The molecule has 0 amide bonds. The van der Waals surface area contributed by atoms with Crippen LogP contribution in [0.4, 0.5) is 0 Å². The first-order valence-electron chi connectivity index (χ1n) is 8.17. The van der Waals surface area contributed by atoms with E-state index in [9.17, 15) is 0 Å². The predicted octanol–water partition coefficient (Wildman–Crippen LogP) is 5.26. The second-order valence-corrected chi connectivity index (χ2v) is 7.48. The van der Waals surface area contributed by atoms with Gasteiger partial charge in [0.2, 0.25) is 0 Å². The van der Waals surface area contributed by atoms with Crippen LogP contribution in [0.25, 0.3) is 0 Å². The Bertz CT molecular complexity index is 414. The lowest BCUT2D eigenvalue weighted by atomic mass is 9.58. The van der Waals surface area contributed by atoms with Crippen molar-refractivity contribution in [2.45, 2.75) is 64.7 Å². The number of fused-ring (bicyclic) bond motifs is 5. The minimum Gasteiger partial charge on any atom is -0.0841 e. The van der Waals surface area contributed by atoms with Crippen LogP contribution in [0.5, 0.6) is 0 Å². The van der Waals surface area contributed by atoms with E-state index >= 15 is 0 Å². The Hall–Kier alpha value is -0.520. The Morgan fingerprint density at radius 3 is 3.00 bits per heavy atom. The van der Waals surface area contributed by atoms with Crippen molar-refractivity contribution in [3.05, 3.63) is 23.3 Å². The van der Waals surface area contributed by atoms with Gasteiger partial charge in [-0.3, -0.25) is 0 Å². The summed E-state index contributed by atoms with van der Waals surface area (Å²) in [6, 6.07) is 0. The number of allylic oxidation sites excluding steroid dienone is 4. The van der Waals surface area contributed by atoms with Crippen LogP contribution in [0.15, 0.2) is 23.3 Å². The third-order valence-corrected chi connectivity index (χ3v) is 6.57. The molecule has 0 saturated heterocycles. The molecule has 4 aliphatic carbocycles. The molecule has 18 heavy (non-hydrogen) atoms. The van der Waals surface area contributed by atoms with Crippen LogP contribution in [-0.4, -0.2) is 0 Å². The van der Waals surface area contributed by atoms with Gasteiger partial charge in [0.15, 0.2) is 0 Å². The third-order valence-electron chi connectivity index (χ3n) is 6.57. The van der Waals surface area contributed by atoms with Gasteiger partial charge in [0.1, 0.15) is 0 Å². The summed E-state index contributed by atoms with van der Waals surface area (Å²) in [5, 5.41) is 0. The van der Waals surface area contributed by atoms with Crippen molar-refractivity contribution < 1.29 is 0 Å². The predicted molar refractivity (Wildman–Crippen MR) is 76.3 cm³/mol. The van der Waals surface area contributed by atoms with E-state index in [2.05, 4.69) is 19.1 Å². The molecule has 4 aliphatic rings. The van der Waals surface area contributed by atoms with Crippen molar-refractivity contribution in [2.75, 3.05) is 0 Å². The van der Waals surface area contributed by atoms with E-state index in [0.29, 0.717) is 5.41 Å². The molecule has 0 nitrogen and oxygen atoms in total. The molecule has 4 atom stereocenters. The largest absolute Gasteiger partial charge is 0.0841 e. The van der Waals surface area contributed by atoms with Crippen LogP contribution in [0.2, 0.25) is 0 Å². The molecule has 2 saturated carbocycles. The van der Waals surface area contributed by atoms with Crippen molar-refractivity contribution in [1.82, 2.24) is 0 Å². The summed E-state index contributed by atoms with van der Waals surface area (Å²) in [6.07, 6.45) is 18.3. The van der Waals surface area contributed by atoms with Gasteiger partial charge in [-0.25, -0.2) is 0 Å². The van der Waals surface area contributed by atoms with Crippen LogP contribution in [0.3, 0.4) is 0 Å². The summed E-state index contributed by atoms with van der Waals surface area (Å²) in [5.41, 5.74) is 4.36. The summed E-state index contributed by atoms with van der Waals surface area (Å²) in [6.45, 7) is 2.57. The molecular weight excluding hydrogens is 216 g/mol. The van der Waals surface area contributed by atoms with Gasteiger partial charge in [-0.1, -0.05) is 43.1 Å². The minimum absolute atomic E-state index is 0.661. The highest BCUT2D eigenvalue weighted by Gasteiger charge is 2.48. The van der Waals surface area contributed by atoms with Gasteiger partial charge in [-0.05, 0) is 62.2 Å². The highest BCUT2D eigenvalue weighted by molar-refractivity contribution is 5.33. The first-order valence-corrected chi connectivity index (χ1v) is 8.17. The molecule has 0 unspecified atom stereocenters. The normalized spacial score (nSPS) is 46.6. The summed E-state index contributed by atoms with van der Waals surface area (Å²) in [5.74, 6) is 2.82. The van der Waals surface area contributed by atoms with Crippen LogP contribution in [0, 0.1) is 23.2 Å². The highest BCUT2D eigenvalue weighted by Crippen LogP contribution is 2.58. The second kappa shape index (κ2) is 3.99. The Morgan fingerprint density at radius 2 is 2.06 bits per heavy atom. The SMILES string of the molecule is C[C@]12CC=C3[C@H]4CCCCC4=CC[C@H]3[C@@H]1CCC2. The fraction of sp³-hybridized carbons (Fsp3) is 0.778. The quantitative estimate of drug-likeness (QED) is 0.508. The molecule has 4 rings (SSSR count). The summed E-state index contributed by atoms with van der Waals surface area (Å²) >= 11 is 0. The fourth-order valence-electron chi connectivity index (χ4n) is 5.58. The summed E-state index contributed by atoms with van der Waals surface area (Å²) in [7, 11) is 0. The van der Waals surface area contributed by atoms with Gasteiger partial charge < -0.3 is 0 Å². The smallest absolute Gasteiger partial charge is 0.000991 e. The van der Waals surface area contributed by atoms with Gasteiger partial charge in [-0.15, -0.1) is 0 Å². The number of hydrogen-bond donors (Lipinski definition) is 0. The molecule has 0 bridgehead atoms. The molecule has 0 aromatic heterocycles. The molecule has 2 fully saturated rings. The lowest BCUT2D eigenvalue weighted by molar-refractivity contribution is 0.148.